The zero-order valence-electron chi connectivity index (χ0n) is 17.2. The molecule has 0 aromatic heterocycles. The molecule has 0 saturated heterocycles. The molecule has 164 valence electrons. The minimum absolute atomic E-state index is 0.000121. The molecule has 1 heterocycles. The average Bonchev–Trinajstić information content (AvgIpc) is 2.90. The number of hydrogen-bond acceptors (Lipinski definition) is 5. The van der Waals surface area contributed by atoms with Gasteiger partial charge in [0.1, 0.15) is 18.5 Å². The lowest BCUT2D eigenvalue weighted by Crippen LogP contribution is -2.22. The van der Waals surface area contributed by atoms with Crippen LogP contribution in [-0.4, -0.2) is 52.8 Å². The lowest BCUT2D eigenvalue weighted by atomic mass is 9.89. The molecular formula is C24H32O6. The molecule has 0 unspecified atom stereocenters. The predicted molar refractivity (Wildman–Crippen MR) is 113 cm³/mol. The van der Waals surface area contributed by atoms with E-state index in [0.29, 0.717) is 25.2 Å². The van der Waals surface area contributed by atoms with Gasteiger partial charge in [-0.15, -0.1) is 0 Å². The van der Waals surface area contributed by atoms with E-state index in [1.54, 1.807) is 6.08 Å². The molecule has 1 aliphatic carbocycles. The highest BCUT2D eigenvalue weighted by atomic mass is 16.5. The minimum Gasteiger partial charge on any atom is -0.491 e. The standard InChI is InChI=1S/C24H32O6/c25-18(16-29-19-7-2-1-3-8-19)11-13-20-21-12-10-17(6-4-5-9-24(27)28)15-30-23(21)14-22(20)26/h1-3,7-8,10-11,13,18,20-23,25-26H,4-6,9,12,14-16H2,(H,27,28)/b13-11+/t18-,20-,21-,22-,23+/m1/s1. The maximum Gasteiger partial charge on any atom is 0.303 e. The van der Waals surface area contributed by atoms with E-state index in [9.17, 15) is 15.0 Å². The van der Waals surface area contributed by atoms with Crippen LogP contribution < -0.4 is 4.74 Å². The van der Waals surface area contributed by atoms with Gasteiger partial charge in [-0.2, -0.15) is 0 Å². The van der Waals surface area contributed by atoms with E-state index in [1.807, 2.05) is 36.4 Å². The molecule has 1 saturated carbocycles. The molecule has 0 radical (unpaired) electrons. The number of rotatable bonds is 10. The lowest BCUT2D eigenvalue weighted by Gasteiger charge is -2.20. The van der Waals surface area contributed by atoms with E-state index in [1.165, 1.54) is 5.57 Å². The number of aliphatic carboxylic acids is 1. The van der Waals surface area contributed by atoms with Crippen molar-refractivity contribution >= 4 is 5.97 Å². The first-order valence-corrected chi connectivity index (χ1v) is 10.8. The van der Waals surface area contributed by atoms with Crippen LogP contribution in [0.4, 0.5) is 0 Å². The summed E-state index contributed by atoms with van der Waals surface area (Å²) in [4.78, 5) is 10.6. The molecular weight excluding hydrogens is 384 g/mol. The van der Waals surface area contributed by atoms with Gasteiger partial charge in [0.05, 0.1) is 18.8 Å². The average molecular weight is 417 g/mol. The number of carbonyl (C=O) groups is 1. The van der Waals surface area contributed by atoms with Crippen molar-refractivity contribution in [3.05, 3.63) is 54.1 Å². The van der Waals surface area contributed by atoms with E-state index >= 15 is 0 Å². The maximum absolute atomic E-state index is 10.6. The van der Waals surface area contributed by atoms with Crippen LogP contribution in [0.25, 0.3) is 0 Å². The first kappa shape index (κ1) is 22.5. The van der Waals surface area contributed by atoms with Crippen molar-refractivity contribution in [1.29, 1.82) is 0 Å². The first-order valence-electron chi connectivity index (χ1n) is 10.8. The minimum atomic E-state index is -0.754. The lowest BCUT2D eigenvalue weighted by molar-refractivity contribution is -0.137. The summed E-state index contributed by atoms with van der Waals surface area (Å²) in [7, 11) is 0. The van der Waals surface area contributed by atoms with Crippen molar-refractivity contribution < 1.29 is 29.6 Å². The zero-order valence-corrected chi connectivity index (χ0v) is 17.2. The number of allylic oxidation sites excluding steroid dienone is 1. The summed E-state index contributed by atoms with van der Waals surface area (Å²) in [5.74, 6) is 0.0682. The van der Waals surface area contributed by atoms with Crippen LogP contribution in [0.3, 0.4) is 0 Å². The number of carboxylic acid groups (broad SMARTS) is 1. The Morgan fingerprint density at radius 3 is 2.83 bits per heavy atom. The number of aliphatic hydroxyl groups is 2. The molecule has 30 heavy (non-hydrogen) atoms. The summed E-state index contributed by atoms with van der Waals surface area (Å²) in [5, 5.41) is 29.5. The van der Waals surface area contributed by atoms with Crippen molar-refractivity contribution in [2.24, 2.45) is 11.8 Å². The maximum atomic E-state index is 10.6. The van der Waals surface area contributed by atoms with E-state index in [4.69, 9.17) is 14.6 Å². The zero-order chi connectivity index (χ0) is 21.3. The summed E-state index contributed by atoms with van der Waals surface area (Å²) in [5.41, 5.74) is 1.21. The van der Waals surface area contributed by atoms with Gasteiger partial charge in [0.2, 0.25) is 0 Å². The number of unbranched alkanes of at least 4 members (excludes halogenated alkanes) is 1. The van der Waals surface area contributed by atoms with Crippen molar-refractivity contribution in [2.45, 2.75) is 56.8 Å². The number of hydrogen-bond donors (Lipinski definition) is 3. The quantitative estimate of drug-likeness (QED) is 0.400. The first-order chi connectivity index (χ1) is 14.5. The number of para-hydroxylation sites is 1. The number of ether oxygens (including phenoxy) is 2. The van der Waals surface area contributed by atoms with Crippen LogP contribution in [0.15, 0.2) is 54.1 Å². The van der Waals surface area contributed by atoms with Gasteiger partial charge in [-0.05, 0) is 49.3 Å². The SMILES string of the molecule is O=C(O)CCCCC1=CC[C@@H]2[C@@H](/C=C/[C@@H](O)COc3ccccc3)[C@H](O)C[C@@H]2OC1. The monoisotopic (exact) mass is 416 g/mol. The van der Waals surface area contributed by atoms with E-state index in [0.717, 1.165) is 19.3 Å². The molecule has 1 aromatic carbocycles. The summed E-state index contributed by atoms with van der Waals surface area (Å²) in [6, 6.07) is 9.36. The van der Waals surface area contributed by atoms with Gasteiger partial charge in [-0.25, -0.2) is 0 Å². The van der Waals surface area contributed by atoms with Gasteiger partial charge in [0, 0.05) is 18.8 Å². The Bertz CT molecular complexity index is 728. The number of carboxylic acids is 1. The summed E-state index contributed by atoms with van der Waals surface area (Å²) in [6.45, 7) is 0.708. The van der Waals surface area contributed by atoms with Gasteiger partial charge < -0.3 is 24.8 Å². The third kappa shape index (κ3) is 6.69. The van der Waals surface area contributed by atoms with Crippen molar-refractivity contribution in [3.8, 4) is 5.75 Å². The van der Waals surface area contributed by atoms with Gasteiger partial charge in [0.15, 0.2) is 0 Å². The fourth-order valence-corrected chi connectivity index (χ4v) is 4.26. The fourth-order valence-electron chi connectivity index (χ4n) is 4.26. The van der Waals surface area contributed by atoms with Gasteiger partial charge in [-0.1, -0.05) is 36.4 Å². The Kier molecular flexibility index (Phi) is 8.49. The predicted octanol–water partition coefficient (Wildman–Crippen LogP) is 3.34. The van der Waals surface area contributed by atoms with Crippen LogP contribution in [0.1, 0.15) is 38.5 Å². The molecule has 0 spiro atoms. The Morgan fingerprint density at radius 2 is 2.07 bits per heavy atom. The van der Waals surface area contributed by atoms with Crippen LogP contribution in [0.2, 0.25) is 0 Å². The molecule has 1 aromatic rings. The largest absolute Gasteiger partial charge is 0.491 e. The highest BCUT2D eigenvalue weighted by Gasteiger charge is 2.42. The second-order valence-corrected chi connectivity index (χ2v) is 8.17. The molecule has 6 heteroatoms. The Morgan fingerprint density at radius 1 is 1.27 bits per heavy atom. The molecule has 2 aliphatic rings. The number of aliphatic hydroxyl groups excluding tert-OH is 2. The third-order valence-electron chi connectivity index (χ3n) is 5.91. The fraction of sp³-hybridized carbons (Fsp3) is 0.542. The normalized spacial score (nSPS) is 27.3. The highest BCUT2D eigenvalue weighted by molar-refractivity contribution is 5.66. The summed E-state index contributed by atoms with van der Waals surface area (Å²) < 4.78 is 11.6. The third-order valence-corrected chi connectivity index (χ3v) is 5.91. The number of benzene rings is 1. The Balaban J connectivity index is 1.50. The van der Waals surface area contributed by atoms with Crippen molar-refractivity contribution in [2.75, 3.05) is 13.2 Å². The molecule has 6 nitrogen and oxygen atoms in total. The van der Waals surface area contributed by atoms with E-state index < -0.39 is 18.2 Å². The molecule has 0 bridgehead atoms. The summed E-state index contributed by atoms with van der Waals surface area (Å²) >= 11 is 0. The van der Waals surface area contributed by atoms with Gasteiger partial charge >= 0.3 is 5.97 Å². The smallest absolute Gasteiger partial charge is 0.303 e. The molecule has 3 N–H and O–H groups in total. The van der Waals surface area contributed by atoms with Crippen LogP contribution >= 0.6 is 0 Å². The van der Waals surface area contributed by atoms with E-state index in [2.05, 4.69) is 6.08 Å². The van der Waals surface area contributed by atoms with Crippen LogP contribution in [0.5, 0.6) is 5.75 Å². The molecule has 1 fully saturated rings. The molecule has 3 rings (SSSR count). The molecule has 5 atom stereocenters. The van der Waals surface area contributed by atoms with Crippen LogP contribution in [-0.2, 0) is 9.53 Å². The van der Waals surface area contributed by atoms with Crippen LogP contribution in [0, 0.1) is 11.8 Å². The Hall–Kier alpha value is -2.15. The second-order valence-electron chi connectivity index (χ2n) is 8.17. The van der Waals surface area contributed by atoms with E-state index in [-0.39, 0.29) is 31.0 Å². The topological polar surface area (TPSA) is 96.2 Å². The van der Waals surface area contributed by atoms with Crippen molar-refractivity contribution in [3.63, 3.8) is 0 Å². The second kappa shape index (κ2) is 11.3. The highest BCUT2D eigenvalue weighted by Crippen LogP contribution is 2.40. The number of fused-ring (bicyclic) bond motifs is 1. The Labute approximate surface area is 177 Å². The molecule has 1 aliphatic heterocycles. The van der Waals surface area contributed by atoms with Crippen molar-refractivity contribution in [1.82, 2.24) is 0 Å². The van der Waals surface area contributed by atoms with Gasteiger partial charge in [-0.3, -0.25) is 4.79 Å². The summed E-state index contributed by atoms with van der Waals surface area (Å²) in [6.07, 6.45) is 8.57. The van der Waals surface area contributed by atoms with Gasteiger partial charge in [0.25, 0.3) is 0 Å². The molecule has 0 amide bonds.